The Balaban J connectivity index is 2.30. The summed E-state index contributed by atoms with van der Waals surface area (Å²) in [7, 11) is 4.02. The lowest BCUT2D eigenvalue weighted by Gasteiger charge is -2.18. The maximum atomic E-state index is 5.85. The second-order valence-corrected chi connectivity index (χ2v) is 4.65. The van der Waals surface area contributed by atoms with Crippen LogP contribution in [0.15, 0.2) is 24.5 Å². The molecule has 2 N–H and O–H groups in total. The van der Waals surface area contributed by atoms with E-state index in [0.717, 1.165) is 17.4 Å². The van der Waals surface area contributed by atoms with Crippen LogP contribution in [0.5, 0.6) is 5.88 Å². The third-order valence-corrected chi connectivity index (χ3v) is 2.56. The standard InChI is InChI=1S/C13H18N4O/c1-9(7-17(2)3)18-13-11-6-10(14)4-5-12(11)15-8-16-13/h4-6,8-9H,7,14H2,1-3H3. The molecule has 0 saturated carbocycles. The number of ether oxygens (including phenoxy) is 1. The van der Waals surface area contributed by atoms with Crippen molar-refractivity contribution in [3.8, 4) is 5.88 Å². The molecule has 0 bridgehead atoms. The van der Waals surface area contributed by atoms with Crippen molar-refractivity contribution in [2.45, 2.75) is 13.0 Å². The zero-order chi connectivity index (χ0) is 13.1. The fraction of sp³-hybridized carbons (Fsp3) is 0.385. The maximum Gasteiger partial charge on any atom is 0.224 e. The summed E-state index contributed by atoms with van der Waals surface area (Å²) in [5, 5.41) is 0.850. The molecule has 5 heteroatoms. The van der Waals surface area contributed by atoms with Gasteiger partial charge in [0.05, 0.1) is 10.9 Å². The van der Waals surface area contributed by atoms with Crippen LogP contribution >= 0.6 is 0 Å². The van der Waals surface area contributed by atoms with Crippen LogP contribution in [0.2, 0.25) is 0 Å². The molecule has 0 aliphatic rings. The van der Waals surface area contributed by atoms with E-state index in [1.54, 1.807) is 0 Å². The lowest BCUT2D eigenvalue weighted by atomic mass is 10.2. The average Bonchev–Trinajstić information content (AvgIpc) is 2.28. The Bertz CT molecular complexity index is 542. The Labute approximate surface area is 107 Å². The van der Waals surface area contributed by atoms with Gasteiger partial charge in [0, 0.05) is 12.2 Å². The van der Waals surface area contributed by atoms with Gasteiger partial charge in [-0.25, -0.2) is 9.97 Å². The van der Waals surface area contributed by atoms with Gasteiger partial charge in [0.2, 0.25) is 5.88 Å². The molecule has 0 radical (unpaired) electrons. The van der Waals surface area contributed by atoms with E-state index in [4.69, 9.17) is 10.5 Å². The Morgan fingerprint density at radius 1 is 1.33 bits per heavy atom. The van der Waals surface area contributed by atoms with Gasteiger partial charge in [0.25, 0.3) is 0 Å². The predicted octanol–water partition coefficient (Wildman–Crippen LogP) is 1.54. The summed E-state index contributed by atoms with van der Waals surface area (Å²) in [6.07, 6.45) is 1.57. The fourth-order valence-corrected chi connectivity index (χ4v) is 1.89. The first kappa shape index (κ1) is 12.6. The SMILES string of the molecule is CC(CN(C)C)Oc1ncnc2ccc(N)cc12. The number of rotatable bonds is 4. The zero-order valence-electron chi connectivity index (χ0n) is 10.9. The molecule has 5 nitrogen and oxygen atoms in total. The van der Waals surface area contributed by atoms with Crippen molar-refractivity contribution >= 4 is 16.6 Å². The smallest absolute Gasteiger partial charge is 0.224 e. The Morgan fingerprint density at radius 3 is 2.83 bits per heavy atom. The van der Waals surface area contributed by atoms with E-state index in [-0.39, 0.29) is 6.10 Å². The van der Waals surface area contributed by atoms with Crippen LogP contribution in [0, 0.1) is 0 Å². The number of aromatic nitrogens is 2. The minimum atomic E-state index is 0.0551. The van der Waals surface area contributed by atoms with Gasteiger partial charge in [-0.05, 0) is 39.2 Å². The maximum absolute atomic E-state index is 5.85. The molecule has 18 heavy (non-hydrogen) atoms. The van der Waals surface area contributed by atoms with E-state index in [2.05, 4.69) is 14.9 Å². The second-order valence-electron chi connectivity index (χ2n) is 4.65. The van der Waals surface area contributed by atoms with E-state index in [9.17, 15) is 0 Å². The number of hydrogen-bond donors (Lipinski definition) is 1. The van der Waals surface area contributed by atoms with Gasteiger partial charge in [-0.2, -0.15) is 0 Å². The van der Waals surface area contributed by atoms with Crippen molar-refractivity contribution < 1.29 is 4.74 Å². The summed E-state index contributed by atoms with van der Waals surface area (Å²) in [5.74, 6) is 0.585. The van der Waals surface area contributed by atoms with Crippen LogP contribution in [-0.4, -0.2) is 41.6 Å². The third kappa shape index (κ3) is 2.87. The second kappa shape index (κ2) is 5.18. The molecule has 0 spiro atoms. The first-order valence-electron chi connectivity index (χ1n) is 5.88. The van der Waals surface area contributed by atoms with Gasteiger partial charge >= 0.3 is 0 Å². The van der Waals surface area contributed by atoms with Crippen molar-refractivity contribution in [1.29, 1.82) is 0 Å². The first-order valence-corrected chi connectivity index (χ1v) is 5.88. The van der Waals surface area contributed by atoms with Crippen molar-refractivity contribution in [3.63, 3.8) is 0 Å². The molecule has 0 saturated heterocycles. The molecule has 2 rings (SSSR count). The molecule has 1 aromatic carbocycles. The van der Waals surface area contributed by atoms with Gasteiger partial charge in [-0.1, -0.05) is 0 Å². The zero-order valence-corrected chi connectivity index (χ0v) is 10.9. The van der Waals surface area contributed by atoms with Crippen LogP contribution in [-0.2, 0) is 0 Å². The van der Waals surface area contributed by atoms with Crippen LogP contribution in [0.25, 0.3) is 10.9 Å². The van der Waals surface area contributed by atoms with Crippen LogP contribution in [0.4, 0.5) is 5.69 Å². The number of likely N-dealkylation sites (N-methyl/N-ethyl adjacent to an activating group) is 1. The number of nitrogens with zero attached hydrogens (tertiary/aromatic N) is 3. The van der Waals surface area contributed by atoms with E-state index in [1.807, 2.05) is 39.2 Å². The lowest BCUT2D eigenvalue weighted by molar-refractivity contribution is 0.172. The average molecular weight is 246 g/mol. The Kier molecular flexibility index (Phi) is 3.62. The monoisotopic (exact) mass is 246 g/mol. The van der Waals surface area contributed by atoms with Crippen molar-refractivity contribution in [2.75, 3.05) is 26.4 Å². The molecule has 0 amide bonds. The van der Waals surface area contributed by atoms with Gasteiger partial charge < -0.3 is 15.4 Å². The number of nitrogens with two attached hydrogens (primary N) is 1. The summed E-state index contributed by atoms with van der Waals surface area (Å²) in [4.78, 5) is 10.5. The molecule has 1 unspecified atom stereocenters. The fourth-order valence-electron chi connectivity index (χ4n) is 1.89. The van der Waals surface area contributed by atoms with E-state index in [1.165, 1.54) is 6.33 Å². The van der Waals surface area contributed by atoms with Crippen LogP contribution < -0.4 is 10.5 Å². The van der Waals surface area contributed by atoms with Crippen molar-refractivity contribution in [1.82, 2.24) is 14.9 Å². The molecule has 1 aromatic heterocycles. The third-order valence-electron chi connectivity index (χ3n) is 2.56. The summed E-state index contributed by atoms with van der Waals surface area (Å²) >= 11 is 0. The molecule has 0 aliphatic heterocycles. The molecule has 0 fully saturated rings. The molecule has 1 atom stereocenters. The summed E-state index contributed by atoms with van der Waals surface area (Å²) in [5.41, 5.74) is 7.31. The molecular weight excluding hydrogens is 228 g/mol. The molecule has 2 aromatic rings. The first-order chi connectivity index (χ1) is 8.56. The quantitative estimate of drug-likeness (QED) is 0.829. The summed E-state index contributed by atoms with van der Waals surface area (Å²) < 4.78 is 5.85. The Morgan fingerprint density at radius 2 is 2.11 bits per heavy atom. The van der Waals surface area contributed by atoms with Crippen LogP contribution in [0.1, 0.15) is 6.92 Å². The van der Waals surface area contributed by atoms with E-state index >= 15 is 0 Å². The molecular formula is C13H18N4O. The van der Waals surface area contributed by atoms with Crippen molar-refractivity contribution in [2.24, 2.45) is 0 Å². The van der Waals surface area contributed by atoms with E-state index in [0.29, 0.717) is 11.6 Å². The van der Waals surface area contributed by atoms with Gasteiger partial charge in [-0.15, -0.1) is 0 Å². The summed E-state index contributed by atoms with van der Waals surface area (Å²) in [6, 6.07) is 5.53. The largest absolute Gasteiger partial charge is 0.473 e. The number of fused-ring (bicyclic) bond motifs is 1. The number of anilines is 1. The normalized spacial score (nSPS) is 12.9. The molecule has 1 heterocycles. The highest BCUT2D eigenvalue weighted by atomic mass is 16.5. The lowest BCUT2D eigenvalue weighted by Crippen LogP contribution is -2.28. The minimum Gasteiger partial charge on any atom is -0.473 e. The number of hydrogen-bond acceptors (Lipinski definition) is 5. The molecule has 96 valence electrons. The van der Waals surface area contributed by atoms with Gasteiger partial charge in [0.15, 0.2) is 0 Å². The highest BCUT2D eigenvalue weighted by Crippen LogP contribution is 2.24. The van der Waals surface area contributed by atoms with Crippen molar-refractivity contribution in [3.05, 3.63) is 24.5 Å². The van der Waals surface area contributed by atoms with E-state index < -0.39 is 0 Å². The van der Waals surface area contributed by atoms with Crippen LogP contribution in [0.3, 0.4) is 0 Å². The number of nitrogen functional groups attached to an aromatic ring is 1. The summed E-state index contributed by atoms with van der Waals surface area (Å²) in [6.45, 7) is 2.84. The highest BCUT2D eigenvalue weighted by Gasteiger charge is 2.10. The Hall–Kier alpha value is -1.88. The number of benzene rings is 1. The highest BCUT2D eigenvalue weighted by molar-refractivity contribution is 5.86. The predicted molar refractivity (Wildman–Crippen MR) is 72.6 cm³/mol. The van der Waals surface area contributed by atoms with Gasteiger partial charge in [-0.3, -0.25) is 0 Å². The topological polar surface area (TPSA) is 64.3 Å². The minimum absolute atomic E-state index is 0.0551. The van der Waals surface area contributed by atoms with Gasteiger partial charge in [0.1, 0.15) is 12.4 Å². The molecule has 0 aliphatic carbocycles.